The van der Waals surface area contributed by atoms with Crippen LogP contribution in [0.4, 0.5) is 5.82 Å². The van der Waals surface area contributed by atoms with Crippen molar-refractivity contribution in [3.05, 3.63) is 30.1 Å². The summed E-state index contributed by atoms with van der Waals surface area (Å²) in [5.41, 5.74) is 1.93. The molecule has 1 amide bonds. The standard InChI is InChI=1S/C15H18N4O/c1-11-12-4-5-14(18-13(12)6-7-16-11)17-8-10-19-9-2-3-15(19)20/h4-7H,2-3,8-10H2,1H3,(H,17,18). The molecule has 0 unspecified atom stereocenters. The molecular formula is C15H18N4O. The molecule has 0 aliphatic carbocycles. The van der Waals surface area contributed by atoms with Crippen molar-refractivity contribution in [1.82, 2.24) is 14.9 Å². The van der Waals surface area contributed by atoms with Gasteiger partial charge in [0.15, 0.2) is 0 Å². The second kappa shape index (κ2) is 5.45. The topological polar surface area (TPSA) is 58.1 Å². The molecule has 5 heteroatoms. The molecule has 0 atom stereocenters. The maximum absolute atomic E-state index is 11.5. The number of nitrogens with zero attached hydrogens (tertiary/aromatic N) is 3. The Hall–Kier alpha value is -2.17. The molecule has 1 N–H and O–H groups in total. The minimum absolute atomic E-state index is 0.264. The van der Waals surface area contributed by atoms with E-state index in [2.05, 4.69) is 15.3 Å². The van der Waals surface area contributed by atoms with Crippen molar-refractivity contribution in [2.75, 3.05) is 25.0 Å². The van der Waals surface area contributed by atoms with Gasteiger partial charge in [0, 0.05) is 43.3 Å². The molecule has 0 radical (unpaired) electrons. The minimum atomic E-state index is 0.264. The van der Waals surface area contributed by atoms with E-state index in [0.29, 0.717) is 6.42 Å². The Balaban J connectivity index is 1.64. The summed E-state index contributed by atoms with van der Waals surface area (Å²) in [6, 6.07) is 5.91. The largest absolute Gasteiger partial charge is 0.368 e. The lowest BCUT2D eigenvalue weighted by Crippen LogP contribution is -2.30. The summed E-state index contributed by atoms with van der Waals surface area (Å²) in [6.07, 6.45) is 3.46. The number of carbonyl (C=O) groups is 1. The zero-order valence-electron chi connectivity index (χ0n) is 11.6. The molecule has 1 fully saturated rings. The smallest absolute Gasteiger partial charge is 0.222 e. The third kappa shape index (κ3) is 2.57. The molecule has 3 rings (SSSR count). The van der Waals surface area contributed by atoms with Crippen LogP contribution in [-0.4, -0.2) is 40.4 Å². The van der Waals surface area contributed by atoms with E-state index in [1.54, 1.807) is 6.20 Å². The number of hydrogen-bond donors (Lipinski definition) is 1. The number of fused-ring (bicyclic) bond motifs is 1. The number of amides is 1. The van der Waals surface area contributed by atoms with Gasteiger partial charge in [-0.1, -0.05) is 0 Å². The monoisotopic (exact) mass is 270 g/mol. The zero-order chi connectivity index (χ0) is 13.9. The van der Waals surface area contributed by atoms with Gasteiger partial charge in [0.25, 0.3) is 0 Å². The first-order chi connectivity index (χ1) is 9.74. The van der Waals surface area contributed by atoms with E-state index < -0.39 is 0 Å². The lowest BCUT2D eigenvalue weighted by atomic mass is 10.2. The van der Waals surface area contributed by atoms with Gasteiger partial charge in [-0.15, -0.1) is 0 Å². The Labute approximate surface area is 118 Å². The van der Waals surface area contributed by atoms with E-state index in [1.807, 2.05) is 30.0 Å². The summed E-state index contributed by atoms with van der Waals surface area (Å²) in [5.74, 6) is 1.11. The second-order valence-corrected chi connectivity index (χ2v) is 5.07. The maximum atomic E-state index is 11.5. The average Bonchev–Trinajstić information content (AvgIpc) is 2.85. The molecule has 2 aromatic rings. The van der Waals surface area contributed by atoms with Gasteiger partial charge in [0.1, 0.15) is 5.82 Å². The number of likely N-dealkylation sites (tertiary alicyclic amines) is 1. The fraction of sp³-hybridized carbons (Fsp3) is 0.400. The molecule has 1 aliphatic rings. The van der Waals surface area contributed by atoms with Crippen molar-refractivity contribution >= 4 is 22.6 Å². The third-order valence-corrected chi connectivity index (χ3v) is 3.67. The van der Waals surface area contributed by atoms with Crippen molar-refractivity contribution in [1.29, 1.82) is 0 Å². The van der Waals surface area contributed by atoms with Gasteiger partial charge in [0.2, 0.25) is 5.91 Å². The molecule has 5 nitrogen and oxygen atoms in total. The van der Waals surface area contributed by atoms with Crippen LogP contribution in [0, 0.1) is 6.92 Å². The van der Waals surface area contributed by atoms with E-state index in [4.69, 9.17) is 0 Å². The highest BCUT2D eigenvalue weighted by Crippen LogP contribution is 2.17. The molecule has 2 aromatic heterocycles. The van der Waals surface area contributed by atoms with Gasteiger partial charge in [-0.2, -0.15) is 0 Å². The SMILES string of the molecule is Cc1nccc2nc(NCCN3CCCC3=O)ccc12. The predicted octanol–water partition coefficient (Wildman–Crippen LogP) is 1.97. The summed E-state index contributed by atoms with van der Waals surface area (Å²) in [6.45, 7) is 4.34. The van der Waals surface area contributed by atoms with Crippen LogP contribution in [0.2, 0.25) is 0 Å². The molecule has 20 heavy (non-hydrogen) atoms. The van der Waals surface area contributed by atoms with Crippen LogP contribution in [0.25, 0.3) is 10.9 Å². The molecule has 0 spiro atoms. The highest BCUT2D eigenvalue weighted by molar-refractivity contribution is 5.82. The summed E-state index contributed by atoms with van der Waals surface area (Å²) in [7, 11) is 0. The average molecular weight is 270 g/mol. The second-order valence-electron chi connectivity index (χ2n) is 5.07. The fourth-order valence-electron chi connectivity index (χ4n) is 2.55. The van der Waals surface area contributed by atoms with Crippen molar-refractivity contribution in [3.63, 3.8) is 0 Å². The fourth-order valence-corrected chi connectivity index (χ4v) is 2.55. The number of anilines is 1. The lowest BCUT2D eigenvalue weighted by Gasteiger charge is -2.16. The van der Waals surface area contributed by atoms with E-state index in [9.17, 15) is 4.79 Å². The van der Waals surface area contributed by atoms with Gasteiger partial charge in [-0.3, -0.25) is 9.78 Å². The van der Waals surface area contributed by atoms with Crippen LogP contribution in [0.5, 0.6) is 0 Å². The molecule has 0 saturated carbocycles. The molecule has 3 heterocycles. The van der Waals surface area contributed by atoms with Crippen LogP contribution in [0.1, 0.15) is 18.5 Å². The molecule has 1 aliphatic heterocycles. The lowest BCUT2D eigenvalue weighted by molar-refractivity contribution is -0.127. The van der Waals surface area contributed by atoms with Crippen molar-refractivity contribution in [2.45, 2.75) is 19.8 Å². The van der Waals surface area contributed by atoms with E-state index >= 15 is 0 Å². The van der Waals surface area contributed by atoms with E-state index in [-0.39, 0.29) is 5.91 Å². The Morgan fingerprint density at radius 2 is 2.25 bits per heavy atom. The number of hydrogen-bond acceptors (Lipinski definition) is 4. The minimum Gasteiger partial charge on any atom is -0.368 e. The molecule has 104 valence electrons. The van der Waals surface area contributed by atoms with Crippen LogP contribution < -0.4 is 5.32 Å². The van der Waals surface area contributed by atoms with E-state index in [1.165, 1.54) is 0 Å². The van der Waals surface area contributed by atoms with Gasteiger partial charge in [0.05, 0.1) is 5.52 Å². The quantitative estimate of drug-likeness (QED) is 0.923. The number of pyridine rings is 2. The third-order valence-electron chi connectivity index (χ3n) is 3.67. The van der Waals surface area contributed by atoms with Gasteiger partial charge in [-0.05, 0) is 31.5 Å². The number of carbonyl (C=O) groups excluding carboxylic acids is 1. The molecule has 0 aromatic carbocycles. The number of nitrogens with one attached hydrogen (secondary N) is 1. The molecular weight excluding hydrogens is 252 g/mol. The Kier molecular flexibility index (Phi) is 3.50. The predicted molar refractivity (Wildman–Crippen MR) is 78.6 cm³/mol. The Morgan fingerprint density at radius 3 is 3.05 bits per heavy atom. The zero-order valence-corrected chi connectivity index (χ0v) is 11.6. The summed E-state index contributed by atoms with van der Waals surface area (Å²) >= 11 is 0. The van der Waals surface area contributed by atoms with E-state index in [0.717, 1.165) is 48.5 Å². The first-order valence-corrected chi connectivity index (χ1v) is 6.98. The first kappa shape index (κ1) is 12.8. The van der Waals surface area contributed by atoms with Crippen LogP contribution in [0.15, 0.2) is 24.4 Å². The highest BCUT2D eigenvalue weighted by atomic mass is 16.2. The van der Waals surface area contributed by atoms with Crippen molar-refractivity contribution < 1.29 is 4.79 Å². The Bertz CT molecular complexity index is 641. The summed E-state index contributed by atoms with van der Waals surface area (Å²) in [5, 5.41) is 4.35. The molecule has 1 saturated heterocycles. The van der Waals surface area contributed by atoms with Crippen LogP contribution in [-0.2, 0) is 4.79 Å². The van der Waals surface area contributed by atoms with Gasteiger partial charge >= 0.3 is 0 Å². The first-order valence-electron chi connectivity index (χ1n) is 6.98. The van der Waals surface area contributed by atoms with Crippen LogP contribution >= 0.6 is 0 Å². The van der Waals surface area contributed by atoms with Crippen molar-refractivity contribution in [3.8, 4) is 0 Å². The van der Waals surface area contributed by atoms with Gasteiger partial charge < -0.3 is 10.2 Å². The molecule has 0 bridgehead atoms. The van der Waals surface area contributed by atoms with Crippen LogP contribution in [0.3, 0.4) is 0 Å². The normalized spacial score (nSPS) is 15.1. The summed E-state index contributed by atoms with van der Waals surface area (Å²) in [4.78, 5) is 22.2. The number of rotatable bonds is 4. The maximum Gasteiger partial charge on any atom is 0.222 e. The van der Waals surface area contributed by atoms with Crippen molar-refractivity contribution in [2.24, 2.45) is 0 Å². The van der Waals surface area contributed by atoms with Gasteiger partial charge in [-0.25, -0.2) is 4.98 Å². The summed E-state index contributed by atoms with van der Waals surface area (Å²) < 4.78 is 0. The number of aryl methyl sites for hydroxylation is 1. The number of aromatic nitrogens is 2. The highest BCUT2D eigenvalue weighted by Gasteiger charge is 2.18. The Morgan fingerprint density at radius 1 is 1.35 bits per heavy atom.